The summed E-state index contributed by atoms with van der Waals surface area (Å²) < 4.78 is 15.5. The first-order chi connectivity index (χ1) is 12.2. The molecule has 0 spiro atoms. The van der Waals surface area contributed by atoms with E-state index < -0.39 is 4.92 Å². The first-order valence-electron chi connectivity index (χ1n) is 7.94. The van der Waals surface area contributed by atoms with E-state index in [1.165, 1.54) is 12.1 Å². The third-order valence-corrected chi connectivity index (χ3v) is 3.41. The van der Waals surface area contributed by atoms with Crippen LogP contribution in [0, 0.1) is 10.1 Å². The summed E-state index contributed by atoms with van der Waals surface area (Å²) in [7, 11) is 0. The van der Waals surface area contributed by atoms with E-state index in [4.69, 9.17) is 14.2 Å². The van der Waals surface area contributed by atoms with Gasteiger partial charge in [-0.3, -0.25) is 10.1 Å². The van der Waals surface area contributed by atoms with Crippen molar-refractivity contribution in [1.29, 1.82) is 0 Å². The van der Waals surface area contributed by atoms with Gasteiger partial charge in [0, 0.05) is 17.7 Å². The second-order valence-electron chi connectivity index (χ2n) is 5.18. The maximum absolute atomic E-state index is 10.7. The molecule has 0 aliphatic carbocycles. The van der Waals surface area contributed by atoms with Crippen LogP contribution in [0.25, 0.3) is 6.08 Å². The van der Waals surface area contributed by atoms with Crippen LogP contribution in [-0.4, -0.2) is 31.4 Å². The predicted molar refractivity (Wildman–Crippen MR) is 95.6 cm³/mol. The second kappa shape index (κ2) is 10.2. The van der Waals surface area contributed by atoms with Gasteiger partial charge in [0.05, 0.1) is 31.4 Å². The Kier molecular flexibility index (Phi) is 7.62. The molecule has 2 aromatic rings. The molecule has 25 heavy (non-hydrogen) atoms. The molecule has 0 N–H and O–H groups in total. The summed E-state index contributed by atoms with van der Waals surface area (Å²) in [6.07, 6.45) is 1.55. The maximum Gasteiger partial charge on any atom is 0.270 e. The third kappa shape index (κ3) is 6.37. The van der Waals surface area contributed by atoms with Gasteiger partial charge in [0.25, 0.3) is 5.69 Å². The van der Waals surface area contributed by atoms with Gasteiger partial charge in [0.1, 0.15) is 12.4 Å². The van der Waals surface area contributed by atoms with Gasteiger partial charge in [-0.25, -0.2) is 0 Å². The van der Waals surface area contributed by atoms with Gasteiger partial charge in [-0.2, -0.15) is 0 Å². The molecule has 0 atom stereocenters. The minimum Gasteiger partial charge on any atom is -0.488 e. The van der Waals surface area contributed by atoms with E-state index in [1.807, 2.05) is 30.3 Å². The molecule has 0 aromatic heterocycles. The summed E-state index contributed by atoms with van der Waals surface area (Å²) in [5.74, 6) is 0.587. The molecule has 0 unspecified atom stereocenters. The van der Waals surface area contributed by atoms with E-state index in [2.05, 4.69) is 6.58 Å². The largest absolute Gasteiger partial charge is 0.488 e. The molecule has 6 nitrogen and oxygen atoms in total. The van der Waals surface area contributed by atoms with Gasteiger partial charge in [-0.1, -0.05) is 43.0 Å². The monoisotopic (exact) mass is 343 g/mol. The molecule has 6 heteroatoms. The predicted octanol–water partition coefficient (Wildman–Crippen LogP) is 3.85. The summed E-state index contributed by atoms with van der Waals surface area (Å²) in [4.78, 5) is 10.3. The first-order valence-corrected chi connectivity index (χ1v) is 7.94. The number of rotatable bonds is 5. The molecule has 1 saturated heterocycles. The normalized spacial score (nSPS) is 13.3. The Bertz CT molecular complexity index is 672. The number of nitro groups is 1. The number of non-ortho nitro benzene ring substituents is 1. The lowest BCUT2D eigenvalue weighted by Gasteiger charge is -2.09. The Hall–Kier alpha value is -2.70. The number of nitrogens with zero attached hydrogens (tertiary/aromatic N) is 1. The van der Waals surface area contributed by atoms with Crippen molar-refractivity contribution in [3.05, 3.63) is 76.4 Å². The minimum absolute atomic E-state index is 0.0296. The van der Waals surface area contributed by atoms with Crippen molar-refractivity contribution in [2.45, 2.75) is 6.61 Å². The number of ether oxygens (including phenoxy) is 3. The van der Waals surface area contributed by atoms with Gasteiger partial charge < -0.3 is 14.2 Å². The molecule has 1 aliphatic heterocycles. The third-order valence-electron chi connectivity index (χ3n) is 3.41. The fourth-order valence-corrected chi connectivity index (χ4v) is 2.12. The number of benzene rings is 2. The van der Waals surface area contributed by atoms with Gasteiger partial charge in [0.2, 0.25) is 0 Å². The summed E-state index contributed by atoms with van der Waals surface area (Å²) in [6, 6.07) is 14.2. The van der Waals surface area contributed by atoms with E-state index in [9.17, 15) is 10.1 Å². The van der Waals surface area contributed by atoms with Crippen molar-refractivity contribution in [3.63, 3.8) is 0 Å². The van der Waals surface area contributed by atoms with Crippen LogP contribution >= 0.6 is 0 Å². The second-order valence-corrected chi connectivity index (χ2v) is 5.18. The van der Waals surface area contributed by atoms with Crippen molar-refractivity contribution >= 4 is 11.8 Å². The highest BCUT2D eigenvalue weighted by atomic mass is 16.6. The Labute approximate surface area is 146 Å². The number of hydrogen-bond donors (Lipinski definition) is 0. The van der Waals surface area contributed by atoms with E-state index >= 15 is 0 Å². The van der Waals surface area contributed by atoms with Crippen LogP contribution in [0.15, 0.2) is 55.1 Å². The van der Waals surface area contributed by atoms with Crippen molar-refractivity contribution in [1.82, 2.24) is 0 Å². The molecular weight excluding hydrogens is 322 g/mol. The summed E-state index contributed by atoms with van der Waals surface area (Å²) in [5, 5.41) is 10.7. The van der Waals surface area contributed by atoms with Gasteiger partial charge >= 0.3 is 0 Å². The molecule has 0 saturated carbocycles. The van der Waals surface area contributed by atoms with Gasteiger partial charge in [0.15, 0.2) is 0 Å². The standard InChI is InChI=1S/C15H13NO3.C4H8O2/c1-2-13-10-14(16(17)18)8-9-15(13)19-11-12-6-4-3-5-7-12;1-2-6-4-3-5-1/h2-10H,1,11H2;1-4H2. The molecule has 1 heterocycles. The number of hydrogen-bond acceptors (Lipinski definition) is 5. The summed E-state index contributed by atoms with van der Waals surface area (Å²) in [5.41, 5.74) is 1.68. The number of nitro benzene ring substituents is 1. The van der Waals surface area contributed by atoms with Crippen molar-refractivity contribution < 1.29 is 19.1 Å². The lowest BCUT2D eigenvalue weighted by atomic mass is 10.1. The van der Waals surface area contributed by atoms with E-state index in [0.29, 0.717) is 17.9 Å². The zero-order valence-corrected chi connectivity index (χ0v) is 13.9. The van der Waals surface area contributed by atoms with Crippen LogP contribution in [0.5, 0.6) is 5.75 Å². The molecule has 0 bridgehead atoms. The average molecular weight is 343 g/mol. The molecule has 1 fully saturated rings. The summed E-state index contributed by atoms with van der Waals surface area (Å²) >= 11 is 0. The molecular formula is C19H21NO5. The van der Waals surface area contributed by atoms with Crippen LogP contribution < -0.4 is 4.74 Å². The molecule has 0 radical (unpaired) electrons. The van der Waals surface area contributed by atoms with E-state index in [1.54, 1.807) is 12.1 Å². The van der Waals surface area contributed by atoms with Crippen molar-refractivity contribution in [3.8, 4) is 5.75 Å². The van der Waals surface area contributed by atoms with E-state index in [0.717, 1.165) is 32.0 Å². The SMILES string of the molecule is C1COCCO1.C=Cc1cc([N+](=O)[O-])ccc1OCc1ccccc1. The summed E-state index contributed by atoms with van der Waals surface area (Å²) in [6.45, 7) is 7.17. The van der Waals surface area contributed by atoms with Crippen LogP contribution in [0.2, 0.25) is 0 Å². The van der Waals surface area contributed by atoms with Crippen LogP contribution in [0.4, 0.5) is 5.69 Å². The van der Waals surface area contributed by atoms with Gasteiger partial charge in [-0.05, 0) is 11.6 Å². The molecule has 132 valence electrons. The zero-order chi connectivity index (χ0) is 17.9. The lowest BCUT2D eigenvalue weighted by Crippen LogP contribution is -2.16. The highest BCUT2D eigenvalue weighted by molar-refractivity contribution is 5.59. The fraction of sp³-hybridized carbons (Fsp3) is 0.263. The molecule has 3 rings (SSSR count). The zero-order valence-electron chi connectivity index (χ0n) is 13.9. The highest BCUT2D eigenvalue weighted by Crippen LogP contribution is 2.25. The van der Waals surface area contributed by atoms with E-state index in [-0.39, 0.29) is 5.69 Å². The lowest BCUT2D eigenvalue weighted by molar-refractivity contribution is -0.384. The Balaban J connectivity index is 0.000000316. The van der Waals surface area contributed by atoms with Crippen LogP contribution in [-0.2, 0) is 16.1 Å². The highest BCUT2D eigenvalue weighted by Gasteiger charge is 2.09. The van der Waals surface area contributed by atoms with Crippen LogP contribution in [0.1, 0.15) is 11.1 Å². The fourth-order valence-electron chi connectivity index (χ4n) is 2.12. The van der Waals surface area contributed by atoms with Crippen LogP contribution in [0.3, 0.4) is 0 Å². The topological polar surface area (TPSA) is 70.8 Å². The van der Waals surface area contributed by atoms with Gasteiger partial charge in [-0.15, -0.1) is 0 Å². The molecule has 2 aromatic carbocycles. The Morgan fingerprint density at radius 2 is 1.72 bits per heavy atom. The Morgan fingerprint density at radius 1 is 1.08 bits per heavy atom. The maximum atomic E-state index is 10.7. The molecule has 0 amide bonds. The minimum atomic E-state index is -0.437. The molecule has 1 aliphatic rings. The van der Waals surface area contributed by atoms with Crippen molar-refractivity contribution in [2.24, 2.45) is 0 Å². The Morgan fingerprint density at radius 3 is 2.24 bits per heavy atom. The smallest absolute Gasteiger partial charge is 0.270 e. The quantitative estimate of drug-likeness (QED) is 0.609. The van der Waals surface area contributed by atoms with Crippen molar-refractivity contribution in [2.75, 3.05) is 26.4 Å². The average Bonchev–Trinajstić information content (AvgIpc) is 2.68. The first kappa shape index (κ1) is 18.6.